The summed E-state index contributed by atoms with van der Waals surface area (Å²) in [5.41, 5.74) is 1.88. The molecule has 1 saturated heterocycles. The van der Waals surface area contributed by atoms with Crippen molar-refractivity contribution in [2.45, 2.75) is 0 Å². The Labute approximate surface area is 122 Å². The first kappa shape index (κ1) is 13.5. The van der Waals surface area contributed by atoms with Gasteiger partial charge >= 0.3 is 5.97 Å². The minimum Gasteiger partial charge on any atom is -0.478 e. The summed E-state index contributed by atoms with van der Waals surface area (Å²) in [6.45, 7) is 2.90. The Morgan fingerprint density at radius 3 is 2.43 bits per heavy atom. The molecule has 6 heteroatoms. The van der Waals surface area contributed by atoms with Crippen LogP contribution >= 0.6 is 0 Å². The highest BCUT2D eigenvalue weighted by Crippen LogP contribution is 2.27. The fourth-order valence-electron chi connectivity index (χ4n) is 2.31. The van der Waals surface area contributed by atoms with Crippen LogP contribution in [0.4, 0.5) is 5.82 Å². The van der Waals surface area contributed by atoms with Crippen LogP contribution in [0.3, 0.4) is 0 Å². The van der Waals surface area contributed by atoms with Gasteiger partial charge in [-0.15, -0.1) is 0 Å². The number of carboxylic acids is 1. The molecule has 0 saturated carbocycles. The van der Waals surface area contributed by atoms with Crippen LogP contribution in [0.15, 0.2) is 36.7 Å². The Kier molecular flexibility index (Phi) is 3.79. The van der Waals surface area contributed by atoms with Gasteiger partial charge in [0, 0.05) is 31.0 Å². The van der Waals surface area contributed by atoms with E-state index in [0.717, 1.165) is 30.2 Å². The highest BCUT2D eigenvalue weighted by molar-refractivity contribution is 5.88. The van der Waals surface area contributed by atoms with Gasteiger partial charge in [-0.1, -0.05) is 12.1 Å². The van der Waals surface area contributed by atoms with Gasteiger partial charge in [-0.3, -0.25) is 4.98 Å². The molecule has 1 aromatic carbocycles. The van der Waals surface area contributed by atoms with Crippen molar-refractivity contribution >= 4 is 11.8 Å². The van der Waals surface area contributed by atoms with E-state index in [9.17, 15) is 4.79 Å². The summed E-state index contributed by atoms with van der Waals surface area (Å²) < 4.78 is 5.35. The highest BCUT2D eigenvalue weighted by Gasteiger charge is 2.18. The van der Waals surface area contributed by atoms with Crippen LogP contribution in [0.5, 0.6) is 0 Å². The standard InChI is InChI=1S/C15H15N3O3/c19-15(20)12-3-1-11(2-4-12)13-14(17-6-5-16-13)18-7-9-21-10-8-18/h1-6H,7-10H2,(H,19,20). The largest absolute Gasteiger partial charge is 0.478 e. The first-order chi connectivity index (χ1) is 10.3. The molecule has 2 heterocycles. The molecule has 0 atom stereocenters. The van der Waals surface area contributed by atoms with Crippen molar-refractivity contribution in [2.75, 3.05) is 31.2 Å². The van der Waals surface area contributed by atoms with Crippen molar-refractivity contribution < 1.29 is 14.6 Å². The smallest absolute Gasteiger partial charge is 0.335 e. The number of nitrogens with zero attached hydrogens (tertiary/aromatic N) is 3. The van der Waals surface area contributed by atoms with E-state index in [0.29, 0.717) is 13.2 Å². The average Bonchev–Trinajstić information content (AvgIpc) is 2.56. The molecule has 21 heavy (non-hydrogen) atoms. The summed E-state index contributed by atoms with van der Waals surface area (Å²) in [6, 6.07) is 6.68. The zero-order valence-corrected chi connectivity index (χ0v) is 11.4. The minimum absolute atomic E-state index is 0.260. The SMILES string of the molecule is O=C(O)c1ccc(-c2nccnc2N2CCOCC2)cc1. The number of aromatic nitrogens is 2. The van der Waals surface area contributed by atoms with Crippen molar-refractivity contribution in [1.29, 1.82) is 0 Å². The maximum atomic E-state index is 10.9. The number of aromatic carboxylic acids is 1. The van der Waals surface area contributed by atoms with Gasteiger partial charge in [0.25, 0.3) is 0 Å². The van der Waals surface area contributed by atoms with Crippen LogP contribution in [0, 0.1) is 0 Å². The number of benzene rings is 1. The molecule has 0 radical (unpaired) electrons. The van der Waals surface area contributed by atoms with E-state index in [1.54, 1.807) is 36.7 Å². The molecule has 0 spiro atoms. The molecule has 1 aromatic heterocycles. The molecule has 0 amide bonds. The van der Waals surface area contributed by atoms with Crippen molar-refractivity contribution in [1.82, 2.24) is 9.97 Å². The molecule has 0 unspecified atom stereocenters. The molecule has 1 N–H and O–H groups in total. The number of rotatable bonds is 3. The summed E-state index contributed by atoms with van der Waals surface area (Å²) >= 11 is 0. The third kappa shape index (κ3) is 2.85. The van der Waals surface area contributed by atoms with Gasteiger partial charge in [-0.2, -0.15) is 0 Å². The second-order valence-corrected chi connectivity index (χ2v) is 4.71. The van der Waals surface area contributed by atoms with E-state index < -0.39 is 5.97 Å². The van der Waals surface area contributed by atoms with E-state index in [4.69, 9.17) is 9.84 Å². The fourth-order valence-corrected chi connectivity index (χ4v) is 2.31. The van der Waals surface area contributed by atoms with Gasteiger partial charge < -0.3 is 14.7 Å². The second kappa shape index (κ2) is 5.88. The van der Waals surface area contributed by atoms with Crippen molar-refractivity contribution in [3.63, 3.8) is 0 Å². The van der Waals surface area contributed by atoms with Gasteiger partial charge in [-0.25, -0.2) is 9.78 Å². The summed E-state index contributed by atoms with van der Waals surface area (Å²) in [5.74, 6) is -0.127. The summed E-state index contributed by atoms with van der Waals surface area (Å²) in [6.07, 6.45) is 3.31. The monoisotopic (exact) mass is 285 g/mol. The molecule has 1 fully saturated rings. The molecule has 6 nitrogen and oxygen atoms in total. The number of anilines is 1. The Morgan fingerprint density at radius 2 is 1.76 bits per heavy atom. The lowest BCUT2D eigenvalue weighted by molar-refractivity contribution is 0.0697. The van der Waals surface area contributed by atoms with E-state index in [2.05, 4.69) is 14.9 Å². The van der Waals surface area contributed by atoms with Gasteiger partial charge in [0.2, 0.25) is 0 Å². The van der Waals surface area contributed by atoms with Crippen LogP contribution in [-0.2, 0) is 4.74 Å². The number of carbonyl (C=O) groups is 1. The van der Waals surface area contributed by atoms with Crippen LogP contribution in [-0.4, -0.2) is 47.3 Å². The third-order valence-electron chi connectivity index (χ3n) is 3.39. The number of hydrogen-bond acceptors (Lipinski definition) is 5. The Balaban J connectivity index is 1.96. The number of ether oxygens (including phenoxy) is 1. The van der Waals surface area contributed by atoms with Crippen molar-refractivity contribution in [3.05, 3.63) is 42.2 Å². The summed E-state index contributed by atoms with van der Waals surface area (Å²) in [4.78, 5) is 21.9. The molecule has 1 aliphatic rings. The molecule has 0 bridgehead atoms. The molecular weight excluding hydrogens is 270 g/mol. The first-order valence-corrected chi connectivity index (χ1v) is 6.73. The first-order valence-electron chi connectivity index (χ1n) is 6.73. The van der Waals surface area contributed by atoms with Gasteiger partial charge in [0.15, 0.2) is 5.82 Å². The summed E-state index contributed by atoms with van der Waals surface area (Å²) in [5, 5.41) is 8.95. The average molecular weight is 285 g/mol. The topological polar surface area (TPSA) is 75.5 Å². The van der Waals surface area contributed by atoms with Crippen molar-refractivity contribution in [3.8, 4) is 11.3 Å². The maximum absolute atomic E-state index is 10.9. The van der Waals surface area contributed by atoms with Crippen LogP contribution in [0.1, 0.15) is 10.4 Å². The molecule has 0 aliphatic carbocycles. The quantitative estimate of drug-likeness (QED) is 0.924. The van der Waals surface area contributed by atoms with Gasteiger partial charge in [0.05, 0.1) is 18.8 Å². The molecule has 108 valence electrons. The molecular formula is C15H15N3O3. The lowest BCUT2D eigenvalue weighted by Crippen LogP contribution is -2.37. The second-order valence-electron chi connectivity index (χ2n) is 4.71. The van der Waals surface area contributed by atoms with Gasteiger partial charge in [-0.05, 0) is 12.1 Å². The lowest BCUT2D eigenvalue weighted by atomic mass is 10.1. The zero-order valence-electron chi connectivity index (χ0n) is 11.4. The van der Waals surface area contributed by atoms with Gasteiger partial charge in [0.1, 0.15) is 5.69 Å². The van der Waals surface area contributed by atoms with E-state index in [1.807, 2.05) is 0 Å². The lowest BCUT2D eigenvalue weighted by Gasteiger charge is -2.28. The van der Waals surface area contributed by atoms with E-state index in [1.165, 1.54) is 0 Å². The van der Waals surface area contributed by atoms with Crippen LogP contribution in [0.2, 0.25) is 0 Å². The number of carboxylic acid groups (broad SMARTS) is 1. The minimum atomic E-state index is -0.936. The zero-order chi connectivity index (χ0) is 14.7. The van der Waals surface area contributed by atoms with E-state index >= 15 is 0 Å². The van der Waals surface area contributed by atoms with Crippen molar-refractivity contribution in [2.24, 2.45) is 0 Å². The number of hydrogen-bond donors (Lipinski definition) is 1. The third-order valence-corrected chi connectivity index (χ3v) is 3.39. The molecule has 1 aliphatic heterocycles. The van der Waals surface area contributed by atoms with E-state index in [-0.39, 0.29) is 5.56 Å². The van der Waals surface area contributed by atoms with Crippen LogP contribution < -0.4 is 4.90 Å². The Hall–Kier alpha value is -2.47. The maximum Gasteiger partial charge on any atom is 0.335 e. The van der Waals surface area contributed by atoms with Crippen LogP contribution in [0.25, 0.3) is 11.3 Å². The number of morpholine rings is 1. The molecule has 3 rings (SSSR count). The fraction of sp³-hybridized carbons (Fsp3) is 0.267. The predicted octanol–water partition coefficient (Wildman–Crippen LogP) is 1.68. The summed E-state index contributed by atoms with van der Waals surface area (Å²) in [7, 11) is 0. The predicted molar refractivity (Wildman–Crippen MR) is 77.5 cm³/mol. The molecule has 2 aromatic rings. The Morgan fingerprint density at radius 1 is 1.10 bits per heavy atom. The Bertz CT molecular complexity index is 637. The normalized spacial score (nSPS) is 15.0. The highest BCUT2D eigenvalue weighted by atomic mass is 16.5.